The molecule has 0 saturated carbocycles. The van der Waals surface area contributed by atoms with Crippen molar-refractivity contribution in [1.82, 2.24) is 0 Å². The Kier molecular flexibility index (Phi) is 9.69. The van der Waals surface area contributed by atoms with Crippen LogP contribution in [-0.4, -0.2) is 16.1 Å². The summed E-state index contributed by atoms with van der Waals surface area (Å²) >= 11 is 1.19. The van der Waals surface area contributed by atoms with Gasteiger partial charge in [-0.25, -0.2) is 0 Å². The molecule has 0 aromatic rings. The van der Waals surface area contributed by atoms with Crippen molar-refractivity contribution in [2.24, 2.45) is 0 Å². The molecule has 0 aromatic carbocycles. The topological polar surface area (TPSA) is 34.1 Å². The summed E-state index contributed by atoms with van der Waals surface area (Å²) in [5.41, 5.74) is 0. The van der Waals surface area contributed by atoms with Gasteiger partial charge in [-0.3, -0.25) is 9.59 Å². The molecule has 0 aliphatic heterocycles. The van der Waals surface area contributed by atoms with Gasteiger partial charge in [-0.05, 0) is 13.3 Å². The summed E-state index contributed by atoms with van der Waals surface area (Å²) in [7, 11) is 0. The molecule has 16 heavy (non-hydrogen) atoms. The lowest BCUT2D eigenvalue weighted by Crippen LogP contribution is -2.15. The molecule has 1 atom stereocenters. The molecule has 0 heterocycles. The molecular weight excluding hydrogens is 220 g/mol. The lowest BCUT2D eigenvalue weighted by atomic mass is 10.1. The maximum Gasteiger partial charge on any atom is 0.186 e. The molecule has 94 valence electrons. The van der Waals surface area contributed by atoms with Crippen molar-refractivity contribution in [1.29, 1.82) is 0 Å². The number of hydrogen-bond donors (Lipinski definition) is 0. The van der Waals surface area contributed by atoms with Crippen molar-refractivity contribution >= 4 is 22.7 Å². The predicted octanol–water partition coefficient (Wildman–Crippen LogP) is 3.97. The molecule has 1 unspecified atom stereocenters. The van der Waals surface area contributed by atoms with Gasteiger partial charge in [0.1, 0.15) is 5.78 Å². The van der Waals surface area contributed by atoms with Gasteiger partial charge in [-0.1, -0.05) is 57.2 Å². The van der Waals surface area contributed by atoms with Gasteiger partial charge in [0.05, 0.1) is 5.25 Å². The highest BCUT2D eigenvalue weighted by atomic mass is 32.2. The normalized spacial score (nSPS) is 12.4. The summed E-state index contributed by atoms with van der Waals surface area (Å²) in [6.07, 6.45) is 8.21. The van der Waals surface area contributed by atoms with E-state index in [1.54, 1.807) is 6.92 Å². The van der Waals surface area contributed by atoms with Crippen molar-refractivity contribution in [2.75, 3.05) is 0 Å². The highest BCUT2D eigenvalue weighted by Crippen LogP contribution is 2.20. The first-order valence-corrected chi connectivity index (χ1v) is 7.13. The van der Waals surface area contributed by atoms with Crippen LogP contribution in [0.2, 0.25) is 0 Å². The van der Waals surface area contributed by atoms with Gasteiger partial charge in [-0.2, -0.15) is 0 Å². The number of ketones is 1. The van der Waals surface area contributed by atoms with Gasteiger partial charge < -0.3 is 0 Å². The third-order valence-corrected chi connectivity index (χ3v) is 3.77. The fourth-order valence-electron chi connectivity index (χ4n) is 1.66. The van der Waals surface area contributed by atoms with Crippen LogP contribution >= 0.6 is 11.8 Å². The Morgan fingerprint density at radius 2 is 1.56 bits per heavy atom. The van der Waals surface area contributed by atoms with Gasteiger partial charge in [0.25, 0.3) is 0 Å². The number of Topliss-reactive ketones (excluding diaryl/α,β-unsaturated/α-hetero) is 1. The zero-order valence-electron chi connectivity index (χ0n) is 10.8. The molecule has 0 aromatic heterocycles. The molecule has 0 amide bonds. The van der Waals surface area contributed by atoms with Crippen molar-refractivity contribution in [3.8, 4) is 0 Å². The SMILES string of the molecule is CCCCCCCCC(SC(C)=O)C(C)=O. The van der Waals surface area contributed by atoms with Crippen molar-refractivity contribution < 1.29 is 9.59 Å². The number of thioether (sulfide) groups is 1. The Bertz CT molecular complexity index is 214. The summed E-state index contributed by atoms with van der Waals surface area (Å²) in [4.78, 5) is 22.2. The minimum absolute atomic E-state index is 0.0474. The van der Waals surface area contributed by atoms with E-state index >= 15 is 0 Å². The second kappa shape index (κ2) is 9.88. The molecule has 0 fully saturated rings. The maximum absolute atomic E-state index is 11.3. The Morgan fingerprint density at radius 3 is 2.06 bits per heavy atom. The number of carbonyl (C=O) groups excluding carboxylic acids is 2. The van der Waals surface area contributed by atoms with E-state index in [9.17, 15) is 9.59 Å². The van der Waals surface area contributed by atoms with E-state index < -0.39 is 0 Å². The van der Waals surface area contributed by atoms with E-state index in [4.69, 9.17) is 0 Å². The van der Waals surface area contributed by atoms with Crippen LogP contribution in [0.3, 0.4) is 0 Å². The fourth-order valence-corrected chi connectivity index (χ4v) is 2.51. The molecule has 0 saturated heterocycles. The molecule has 0 aliphatic carbocycles. The number of rotatable bonds is 9. The van der Waals surface area contributed by atoms with Crippen LogP contribution in [0.4, 0.5) is 0 Å². The monoisotopic (exact) mass is 244 g/mol. The largest absolute Gasteiger partial charge is 0.299 e. The number of unbranched alkanes of at least 4 members (excludes halogenated alkanes) is 5. The predicted molar refractivity (Wildman–Crippen MR) is 70.7 cm³/mol. The second-order valence-corrected chi connectivity index (χ2v) is 5.64. The van der Waals surface area contributed by atoms with Crippen LogP contribution in [0, 0.1) is 0 Å². The van der Waals surface area contributed by atoms with Crippen LogP contribution in [0.25, 0.3) is 0 Å². The lowest BCUT2D eigenvalue weighted by Gasteiger charge is -2.10. The highest BCUT2D eigenvalue weighted by Gasteiger charge is 2.16. The van der Waals surface area contributed by atoms with Crippen LogP contribution in [0.15, 0.2) is 0 Å². The summed E-state index contributed by atoms with van der Waals surface area (Å²) in [6, 6.07) is 0. The Hall–Kier alpha value is -0.310. The summed E-state index contributed by atoms with van der Waals surface area (Å²) in [5.74, 6) is 0.133. The Morgan fingerprint density at radius 1 is 1.00 bits per heavy atom. The molecule has 3 heteroatoms. The van der Waals surface area contributed by atoms with E-state index in [1.807, 2.05) is 0 Å². The first-order valence-electron chi connectivity index (χ1n) is 6.25. The average molecular weight is 244 g/mol. The molecule has 2 nitrogen and oxygen atoms in total. The van der Waals surface area contributed by atoms with Crippen molar-refractivity contribution in [3.63, 3.8) is 0 Å². The third-order valence-electron chi connectivity index (χ3n) is 2.58. The first-order chi connectivity index (χ1) is 7.57. The first kappa shape index (κ1) is 15.7. The molecule has 0 aliphatic rings. The minimum Gasteiger partial charge on any atom is -0.299 e. The van der Waals surface area contributed by atoms with Crippen LogP contribution in [0.5, 0.6) is 0 Å². The van der Waals surface area contributed by atoms with E-state index in [0.717, 1.165) is 12.8 Å². The van der Waals surface area contributed by atoms with E-state index in [1.165, 1.54) is 50.8 Å². The molecule has 0 N–H and O–H groups in total. The third kappa shape index (κ3) is 8.96. The highest BCUT2D eigenvalue weighted by molar-refractivity contribution is 8.14. The molecular formula is C13H24O2S. The van der Waals surface area contributed by atoms with E-state index in [0.29, 0.717) is 0 Å². The second-order valence-electron chi connectivity index (χ2n) is 4.27. The van der Waals surface area contributed by atoms with Crippen LogP contribution in [0.1, 0.15) is 65.7 Å². The number of hydrogen-bond acceptors (Lipinski definition) is 3. The van der Waals surface area contributed by atoms with Gasteiger partial charge in [0.2, 0.25) is 0 Å². The van der Waals surface area contributed by atoms with Gasteiger partial charge in [0.15, 0.2) is 5.12 Å². The fraction of sp³-hybridized carbons (Fsp3) is 0.846. The van der Waals surface area contributed by atoms with Gasteiger partial charge >= 0.3 is 0 Å². The Labute approximate surface area is 104 Å². The summed E-state index contributed by atoms with van der Waals surface area (Å²) in [6.45, 7) is 5.31. The van der Waals surface area contributed by atoms with Crippen molar-refractivity contribution in [2.45, 2.75) is 71.0 Å². The van der Waals surface area contributed by atoms with Crippen LogP contribution < -0.4 is 0 Å². The Balaban J connectivity index is 3.60. The molecule has 0 spiro atoms. The summed E-state index contributed by atoms with van der Waals surface area (Å²) < 4.78 is 0. The smallest absolute Gasteiger partial charge is 0.186 e. The minimum atomic E-state index is -0.108. The van der Waals surface area contributed by atoms with E-state index in [-0.39, 0.29) is 16.1 Å². The zero-order valence-corrected chi connectivity index (χ0v) is 11.6. The molecule has 0 radical (unpaired) electrons. The quantitative estimate of drug-likeness (QED) is 0.575. The molecule has 0 rings (SSSR count). The number of carbonyl (C=O) groups is 2. The van der Waals surface area contributed by atoms with E-state index in [2.05, 4.69) is 6.92 Å². The maximum atomic E-state index is 11.3. The van der Waals surface area contributed by atoms with Gasteiger partial charge in [-0.15, -0.1) is 0 Å². The standard InChI is InChI=1S/C13H24O2S/c1-4-5-6-7-8-9-10-13(11(2)14)16-12(3)15/h13H,4-10H2,1-3H3. The van der Waals surface area contributed by atoms with Crippen LogP contribution in [-0.2, 0) is 9.59 Å². The summed E-state index contributed by atoms with van der Waals surface area (Å²) in [5, 5.41) is -0.0603. The zero-order chi connectivity index (χ0) is 12.4. The average Bonchev–Trinajstić information content (AvgIpc) is 2.20. The molecule has 0 bridgehead atoms. The lowest BCUT2D eigenvalue weighted by molar-refractivity contribution is -0.117. The van der Waals surface area contributed by atoms with Crippen molar-refractivity contribution in [3.05, 3.63) is 0 Å². The van der Waals surface area contributed by atoms with Gasteiger partial charge in [0, 0.05) is 6.92 Å².